The van der Waals surface area contributed by atoms with Crippen LogP contribution in [0, 0.1) is 13.8 Å². The highest BCUT2D eigenvalue weighted by atomic mass is 32.1. The van der Waals surface area contributed by atoms with Crippen molar-refractivity contribution in [3.05, 3.63) is 62.8 Å². The number of thiazole rings is 1. The van der Waals surface area contributed by atoms with E-state index in [0.717, 1.165) is 33.3 Å². The van der Waals surface area contributed by atoms with E-state index in [-0.39, 0.29) is 5.91 Å². The molecule has 0 unspecified atom stereocenters. The number of rotatable bonds is 5. The number of benzene rings is 1. The summed E-state index contributed by atoms with van der Waals surface area (Å²) in [5, 5.41) is 9.52. The predicted octanol–water partition coefficient (Wildman–Crippen LogP) is 4.11. The van der Waals surface area contributed by atoms with Crippen LogP contribution in [0.1, 0.15) is 25.8 Å². The maximum atomic E-state index is 12.0. The maximum Gasteiger partial charge on any atom is 0.261 e. The highest BCUT2D eigenvalue weighted by molar-refractivity contribution is 7.17. The Hall–Kier alpha value is -2.51. The van der Waals surface area contributed by atoms with Crippen molar-refractivity contribution in [1.29, 1.82) is 0 Å². The number of carbonyl (C=O) groups is 1. The Bertz CT molecular complexity index is 1050. The third-order valence-electron chi connectivity index (χ3n) is 4.21. The van der Waals surface area contributed by atoms with Crippen molar-refractivity contribution in [2.45, 2.75) is 20.3 Å². The standard InChI is InChI=1S/C19H18N4OS2/c1-12-5-7-14(8-6-12)17-21-19-23(22-17)13(2)15(26-19)9-10-20-18(24)16-4-3-11-25-16/h3-8,11H,9-10H2,1-2H3,(H,20,24). The summed E-state index contributed by atoms with van der Waals surface area (Å²) in [6.07, 6.45) is 0.776. The number of amides is 1. The van der Waals surface area contributed by atoms with Crippen molar-refractivity contribution in [3.8, 4) is 11.4 Å². The molecule has 0 aliphatic carbocycles. The molecular formula is C19H18N4OS2. The number of hydrogen-bond donors (Lipinski definition) is 1. The average molecular weight is 383 g/mol. The van der Waals surface area contributed by atoms with Crippen LogP contribution >= 0.6 is 22.7 Å². The van der Waals surface area contributed by atoms with Crippen molar-refractivity contribution in [1.82, 2.24) is 19.9 Å². The molecule has 0 aliphatic rings. The lowest BCUT2D eigenvalue weighted by Crippen LogP contribution is -2.24. The van der Waals surface area contributed by atoms with Gasteiger partial charge in [-0.3, -0.25) is 4.79 Å². The first kappa shape index (κ1) is 16.9. The van der Waals surface area contributed by atoms with E-state index < -0.39 is 0 Å². The number of nitrogens with zero attached hydrogens (tertiary/aromatic N) is 3. The van der Waals surface area contributed by atoms with Gasteiger partial charge < -0.3 is 5.32 Å². The topological polar surface area (TPSA) is 59.3 Å². The van der Waals surface area contributed by atoms with Crippen LogP contribution in [-0.4, -0.2) is 27.0 Å². The summed E-state index contributed by atoms with van der Waals surface area (Å²) >= 11 is 3.08. The van der Waals surface area contributed by atoms with E-state index in [1.807, 2.05) is 41.1 Å². The van der Waals surface area contributed by atoms with Crippen molar-refractivity contribution in [2.75, 3.05) is 6.54 Å². The Labute approximate surface area is 159 Å². The molecule has 132 valence electrons. The quantitative estimate of drug-likeness (QED) is 0.565. The molecule has 1 amide bonds. The molecule has 0 radical (unpaired) electrons. The normalized spacial score (nSPS) is 11.2. The first-order chi connectivity index (χ1) is 12.6. The van der Waals surface area contributed by atoms with Crippen LogP contribution in [0.5, 0.6) is 0 Å². The third-order valence-corrected chi connectivity index (χ3v) is 6.27. The number of thiophene rings is 1. The van der Waals surface area contributed by atoms with Crippen LogP contribution in [0.15, 0.2) is 41.8 Å². The lowest BCUT2D eigenvalue weighted by Gasteiger charge is -2.03. The van der Waals surface area contributed by atoms with Gasteiger partial charge in [0.05, 0.1) is 10.6 Å². The van der Waals surface area contributed by atoms with E-state index in [0.29, 0.717) is 6.54 Å². The summed E-state index contributed by atoms with van der Waals surface area (Å²) in [5.74, 6) is 0.732. The van der Waals surface area contributed by atoms with Gasteiger partial charge in [0, 0.05) is 23.4 Å². The molecule has 1 aromatic carbocycles. The zero-order valence-electron chi connectivity index (χ0n) is 14.5. The summed E-state index contributed by atoms with van der Waals surface area (Å²) < 4.78 is 1.90. The SMILES string of the molecule is Cc1ccc(-c2nc3sc(CCNC(=O)c4cccs4)c(C)n3n2)cc1. The fraction of sp³-hybridized carbons (Fsp3) is 0.211. The largest absolute Gasteiger partial charge is 0.351 e. The van der Waals surface area contributed by atoms with Gasteiger partial charge in [0.1, 0.15) is 0 Å². The average Bonchev–Trinajstić information content (AvgIpc) is 3.35. The summed E-state index contributed by atoms with van der Waals surface area (Å²) in [6.45, 7) is 4.72. The van der Waals surface area contributed by atoms with E-state index >= 15 is 0 Å². The van der Waals surface area contributed by atoms with Crippen LogP contribution in [0.4, 0.5) is 0 Å². The number of carbonyl (C=O) groups excluding carboxylic acids is 1. The minimum Gasteiger partial charge on any atom is -0.351 e. The summed E-state index contributed by atoms with van der Waals surface area (Å²) in [4.78, 5) is 19.5. The lowest BCUT2D eigenvalue weighted by atomic mass is 10.1. The zero-order valence-corrected chi connectivity index (χ0v) is 16.2. The van der Waals surface area contributed by atoms with Gasteiger partial charge in [-0.15, -0.1) is 16.4 Å². The van der Waals surface area contributed by atoms with Crippen molar-refractivity contribution >= 4 is 33.5 Å². The fourth-order valence-corrected chi connectivity index (χ4v) is 4.42. The van der Waals surface area contributed by atoms with Gasteiger partial charge in [0.2, 0.25) is 4.96 Å². The minimum absolute atomic E-state index is 0.0150. The zero-order chi connectivity index (χ0) is 18.1. The van der Waals surface area contributed by atoms with Crippen LogP contribution in [0.25, 0.3) is 16.3 Å². The van der Waals surface area contributed by atoms with E-state index in [9.17, 15) is 4.79 Å². The van der Waals surface area contributed by atoms with Crippen LogP contribution in [0.2, 0.25) is 0 Å². The second-order valence-corrected chi connectivity index (χ2v) is 8.10. The van der Waals surface area contributed by atoms with Crippen molar-refractivity contribution in [3.63, 3.8) is 0 Å². The van der Waals surface area contributed by atoms with Gasteiger partial charge in [0.25, 0.3) is 5.91 Å². The molecule has 0 fully saturated rings. The van der Waals surface area contributed by atoms with E-state index in [2.05, 4.69) is 34.5 Å². The van der Waals surface area contributed by atoms with E-state index in [1.54, 1.807) is 11.3 Å². The van der Waals surface area contributed by atoms with Gasteiger partial charge in [-0.25, -0.2) is 4.52 Å². The highest BCUT2D eigenvalue weighted by Crippen LogP contribution is 2.25. The molecular weight excluding hydrogens is 364 g/mol. The monoisotopic (exact) mass is 382 g/mol. The van der Waals surface area contributed by atoms with Gasteiger partial charge in [-0.2, -0.15) is 4.98 Å². The van der Waals surface area contributed by atoms with Crippen LogP contribution < -0.4 is 5.32 Å². The van der Waals surface area contributed by atoms with E-state index in [1.165, 1.54) is 21.8 Å². The smallest absolute Gasteiger partial charge is 0.261 e. The molecule has 0 spiro atoms. The Morgan fingerprint density at radius 3 is 2.69 bits per heavy atom. The molecule has 7 heteroatoms. The van der Waals surface area contributed by atoms with Gasteiger partial charge in [-0.05, 0) is 25.3 Å². The van der Waals surface area contributed by atoms with E-state index in [4.69, 9.17) is 0 Å². The van der Waals surface area contributed by atoms with Gasteiger partial charge in [-0.1, -0.05) is 47.2 Å². The number of aryl methyl sites for hydroxylation is 2. The van der Waals surface area contributed by atoms with Crippen molar-refractivity contribution in [2.24, 2.45) is 0 Å². The van der Waals surface area contributed by atoms with Crippen molar-refractivity contribution < 1.29 is 4.79 Å². The molecule has 0 saturated heterocycles. The van der Waals surface area contributed by atoms with Crippen LogP contribution in [-0.2, 0) is 6.42 Å². The number of fused-ring (bicyclic) bond motifs is 1. The van der Waals surface area contributed by atoms with Crippen LogP contribution in [0.3, 0.4) is 0 Å². The molecule has 1 N–H and O–H groups in total. The molecule has 0 aliphatic heterocycles. The molecule has 3 heterocycles. The summed E-state index contributed by atoms with van der Waals surface area (Å²) in [6, 6.07) is 11.9. The van der Waals surface area contributed by atoms with Gasteiger partial charge in [0.15, 0.2) is 5.82 Å². The minimum atomic E-state index is -0.0150. The third kappa shape index (κ3) is 3.27. The molecule has 0 atom stereocenters. The Balaban J connectivity index is 1.47. The highest BCUT2D eigenvalue weighted by Gasteiger charge is 2.14. The molecule has 5 nitrogen and oxygen atoms in total. The molecule has 0 saturated carbocycles. The fourth-order valence-electron chi connectivity index (χ4n) is 2.73. The maximum absolute atomic E-state index is 12.0. The number of nitrogens with one attached hydrogen (secondary N) is 1. The number of aromatic nitrogens is 3. The predicted molar refractivity (Wildman–Crippen MR) is 106 cm³/mol. The first-order valence-corrected chi connectivity index (χ1v) is 10.1. The Kier molecular flexibility index (Phi) is 4.57. The molecule has 0 bridgehead atoms. The second kappa shape index (κ2) is 7.01. The van der Waals surface area contributed by atoms with Gasteiger partial charge >= 0.3 is 0 Å². The molecule has 26 heavy (non-hydrogen) atoms. The summed E-state index contributed by atoms with van der Waals surface area (Å²) in [5.41, 5.74) is 3.33. The summed E-state index contributed by atoms with van der Waals surface area (Å²) in [7, 11) is 0. The second-order valence-electron chi connectivity index (χ2n) is 6.09. The molecule has 4 rings (SSSR count). The Morgan fingerprint density at radius 1 is 1.19 bits per heavy atom. The lowest BCUT2D eigenvalue weighted by molar-refractivity contribution is 0.0958. The first-order valence-electron chi connectivity index (χ1n) is 8.35. The Morgan fingerprint density at radius 2 is 2.00 bits per heavy atom. The number of hydrogen-bond acceptors (Lipinski definition) is 5. The molecule has 3 aromatic heterocycles. The molecule has 4 aromatic rings.